The van der Waals surface area contributed by atoms with Crippen LogP contribution in [-0.4, -0.2) is 4.98 Å². The Kier molecular flexibility index (Phi) is 3.14. The maximum absolute atomic E-state index is 4.41. The number of fused-ring (bicyclic) bond motifs is 1. The molecular formula is C15H12N4. The van der Waals surface area contributed by atoms with Crippen molar-refractivity contribution in [2.24, 2.45) is 10.3 Å². The zero-order valence-corrected chi connectivity index (χ0v) is 10.2. The van der Waals surface area contributed by atoms with Crippen LogP contribution in [0.2, 0.25) is 0 Å². The summed E-state index contributed by atoms with van der Waals surface area (Å²) in [5, 5.41) is 9.08. The molecule has 1 N–H and O–H groups in total. The number of nitrogens with one attached hydrogen (secondary N) is 1. The summed E-state index contributed by atoms with van der Waals surface area (Å²) in [7, 11) is 0. The lowest BCUT2D eigenvalue weighted by atomic mass is 10.2. The van der Waals surface area contributed by atoms with Crippen LogP contribution in [-0.2, 0) is 0 Å². The van der Waals surface area contributed by atoms with Crippen LogP contribution in [0.5, 0.6) is 0 Å². The number of aromatic nitrogens is 1. The fourth-order valence-electron chi connectivity index (χ4n) is 1.76. The topological polar surface area (TPSA) is 49.6 Å². The highest BCUT2D eigenvalue weighted by Crippen LogP contribution is 2.17. The number of nitrogens with zero attached hydrogens (tertiary/aromatic N) is 3. The minimum Gasteiger partial charge on any atom is -0.260 e. The predicted octanol–water partition coefficient (Wildman–Crippen LogP) is 4.35. The molecule has 1 heterocycles. The van der Waals surface area contributed by atoms with Crippen LogP contribution >= 0.6 is 0 Å². The van der Waals surface area contributed by atoms with Gasteiger partial charge in [-0.1, -0.05) is 41.6 Å². The molecule has 3 rings (SSSR count). The normalized spacial score (nSPS) is 10.9. The van der Waals surface area contributed by atoms with Gasteiger partial charge in [0, 0.05) is 5.39 Å². The fraction of sp³-hybridized carbons (Fsp3) is 0. The van der Waals surface area contributed by atoms with Gasteiger partial charge in [0.15, 0.2) is 5.82 Å². The van der Waals surface area contributed by atoms with Gasteiger partial charge >= 0.3 is 0 Å². The van der Waals surface area contributed by atoms with Crippen LogP contribution in [0.15, 0.2) is 77.1 Å². The van der Waals surface area contributed by atoms with Crippen molar-refractivity contribution >= 4 is 22.4 Å². The van der Waals surface area contributed by atoms with E-state index in [4.69, 9.17) is 0 Å². The minimum atomic E-state index is 0.585. The lowest BCUT2D eigenvalue weighted by Crippen LogP contribution is -1.85. The van der Waals surface area contributed by atoms with E-state index in [1.807, 2.05) is 66.7 Å². The summed E-state index contributed by atoms with van der Waals surface area (Å²) in [4.78, 5) is 4.41. The van der Waals surface area contributed by atoms with Gasteiger partial charge in [-0.2, -0.15) is 0 Å². The first kappa shape index (κ1) is 11.3. The molecule has 0 spiro atoms. The van der Waals surface area contributed by atoms with Gasteiger partial charge in [0.05, 0.1) is 11.2 Å². The van der Waals surface area contributed by atoms with Crippen LogP contribution in [0.3, 0.4) is 0 Å². The Balaban J connectivity index is 1.78. The molecule has 0 bridgehead atoms. The Bertz CT molecular complexity index is 707. The Morgan fingerprint density at radius 2 is 1.58 bits per heavy atom. The number of anilines is 1. The summed E-state index contributed by atoms with van der Waals surface area (Å²) in [6.07, 6.45) is 0. The Labute approximate surface area is 110 Å². The molecule has 3 aromatic rings. The van der Waals surface area contributed by atoms with Crippen molar-refractivity contribution in [3.63, 3.8) is 0 Å². The van der Waals surface area contributed by atoms with Crippen molar-refractivity contribution in [2.75, 3.05) is 5.43 Å². The van der Waals surface area contributed by atoms with Gasteiger partial charge in [-0.25, -0.2) is 4.98 Å². The van der Waals surface area contributed by atoms with E-state index in [1.54, 1.807) is 0 Å². The summed E-state index contributed by atoms with van der Waals surface area (Å²) in [6.45, 7) is 0. The first-order valence-electron chi connectivity index (χ1n) is 5.99. The first-order chi connectivity index (χ1) is 9.42. The molecule has 4 nitrogen and oxygen atoms in total. The molecular weight excluding hydrogens is 236 g/mol. The van der Waals surface area contributed by atoms with Crippen molar-refractivity contribution in [1.82, 2.24) is 4.98 Å². The van der Waals surface area contributed by atoms with E-state index in [-0.39, 0.29) is 0 Å². The molecule has 19 heavy (non-hydrogen) atoms. The van der Waals surface area contributed by atoms with Crippen molar-refractivity contribution in [3.8, 4) is 0 Å². The third kappa shape index (κ3) is 2.74. The largest absolute Gasteiger partial charge is 0.260 e. The zero-order valence-electron chi connectivity index (χ0n) is 10.2. The molecule has 2 aromatic carbocycles. The van der Waals surface area contributed by atoms with Gasteiger partial charge in [-0.3, -0.25) is 5.43 Å². The van der Waals surface area contributed by atoms with Crippen LogP contribution < -0.4 is 5.43 Å². The maximum Gasteiger partial charge on any atom is 0.176 e. The molecule has 0 aliphatic heterocycles. The van der Waals surface area contributed by atoms with Crippen LogP contribution in [0.4, 0.5) is 11.5 Å². The van der Waals surface area contributed by atoms with Gasteiger partial charge < -0.3 is 0 Å². The van der Waals surface area contributed by atoms with E-state index in [9.17, 15) is 0 Å². The predicted molar refractivity (Wildman–Crippen MR) is 76.3 cm³/mol. The number of hydrogen-bond donors (Lipinski definition) is 1. The Hall–Kier alpha value is -2.75. The monoisotopic (exact) mass is 248 g/mol. The highest BCUT2D eigenvalue weighted by molar-refractivity contribution is 5.79. The number of benzene rings is 2. The molecule has 92 valence electrons. The Morgan fingerprint density at radius 3 is 2.47 bits per heavy atom. The summed E-state index contributed by atoms with van der Waals surface area (Å²) in [5.74, 6) is 0.585. The van der Waals surface area contributed by atoms with E-state index in [2.05, 4.69) is 20.7 Å². The fourth-order valence-corrected chi connectivity index (χ4v) is 1.76. The average molecular weight is 248 g/mol. The molecule has 1 aromatic heterocycles. The molecule has 0 saturated heterocycles. The van der Waals surface area contributed by atoms with Crippen molar-refractivity contribution in [2.45, 2.75) is 0 Å². The highest BCUT2D eigenvalue weighted by Gasteiger charge is 1.95. The van der Waals surface area contributed by atoms with Gasteiger partial charge in [0.1, 0.15) is 0 Å². The molecule has 0 amide bonds. The molecule has 0 aliphatic carbocycles. The van der Waals surface area contributed by atoms with Crippen LogP contribution in [0.1, 0.15) is 0 Å². The Morgan fingerprint density at radius 1 is 0.789 bits per heavy atom. The highest BCUT2D eigenvalue weighted by atomic mass is 15.4. The smallest absolute Gasteiger partial charge is 0.176 e. The lowest BCUT2D eigenvalue weighted by Gasteiger charge is -1.98. The quantitative estimate of drug-likeness (QED) is 0.553. The van der Waals surface area contributed by atoms with Crippen LogP contribution in [0, 0.1) is 0 Å². The summed E-state index contributed by atoms with van der Waals surface area (Å²) in [5.41, 5.74) is 4.67. The summed E-state index contributed by atoms with van der Waals surface area (Å²) >= 11 is 0. The average Bonchev–Trinajstić information content (AvgIpc) is 2.48. The second kappa shape index (κ2) is 5.27. The third-order valence-corrected chi connectivity index (χ3v) is 2.69. The van der Waals surface area contributed by atoms with Crippen molar-refractivity contribution in [3.05, 3.63) is 66.7 Å². The van der Waals surface area contributed by atoms with Crippen LogP contribution in [0.25, 0.3) is 10.9 Å². The van der Waals surface area contributed by atoms with Gasteiger partial charge in [0.2, 0.25) is 0 Å². The first-order valence-corrected chi connectivity index (χ1v) is 5.99. The summed E-state index contributed by atoms with van der Waals surface area (Å²) in [6, 6.07) is 21.4. The molecule has 0 unspecified atom stereocenters. The lowest BCUT2D eigenvalue weighted by molar-refractivity contribution is 1.10. The molecule has 0 aliphatic rings. The molecule has 0 saturated carbocycles. The van der Waals surface area contributed by atoms with E-state index in [0.717, 1.165) is 16.6 Å². The van der Waals surface area contributed by atoms with E-state index in [0.29, 0.717) is 5.82 Å². The zero-order chi connectivity index (χ0) is 12.9. The molecule has 4 heteroatoms. The second-order valence-corrected chi connectivity index (χ2v) is 4.04. The van der Waals surface area contributed by atoms with Gasteiger partial charge in [0.25, 0.3) is 0 Å². The minimum absolute atomic E-state index is 0.585. The molecule has 0 fully saturated rings. The molecule has 0 atom stereocenters. The van der Waals surface area contributed by atoms with E-state index in [1.165, 1.54) is 0 Å². The third-order valence-electron chi connectivity index (χ3n) is 2.69. The summed E-state index contributed by atoms with van der Waals surface area (Å²) < 4.78 is 0. The number of rotatable bonds is 3. The van der Waals surface area contributed by atoms with Gasteiger partial charge in [-0.05, 0) is 30.3 Å². The number of para-hydroxylation sites is 2. The number of hydrogen-bond acceptors (Lipinski definition) is 3. The number of pyridine rings is 1. The van der Waals surface area contributed by atoms with E-state index < -0.39 is 0 Å². The van der Waals surface area contributed by atoms with E-state index >= 15 is 0 Å². The van der Waals surface area contributed by atoms with Crippen molar-refractivity contribution in [1.29, 1.82) is 0 Å². The molecule has 0 radical (unpaired) electrons. The van der Waals surface area contributed by atoms with Crippen molar-refractivity contribution < 1.29 is 0 Å². The SMILES string of the molecule is c1ccc(N/N=N/c2ccc3ccccc3n2)cc1. The second-order valence-electron chi connectivity index (χ2n) is 4.04. The standard InChI is InChI=1S/C15H12N4/c1-2-7-13(8-3-1)17-19-18-15-11-10-12-6-4-5-9-14(12)16-15/h1-11H,(H,16,17,18). The van der Waals surface area contributed by atoms with Gasteiger partial charge in [-0.15, -0.1) is 5.11 Å². The maximum atomic E-state index is 4.41.